The fraction of sp³-hybridized carbons (Fsp3) is 0.235. The highest BCUT2D eigenvalue weighted by molar-refractivity contribution is 5.77. The maximum Gasteiger partial charge on any atom is 0.335 e. The van der Waals surface area contributed by atoms with Gasteiger partial charge >= 0.3 is 5.97 Å². The second-order valence-electron chi connectivity index (χ2n) is 4.48. The zero-order chi connectivity index (χ0) is 14.4. The number of carbonyl (C=O) groups excluding carboxylic acids is 1. The smallest absolute Gasteiger partial charge is 0.335 e. The number of ether oxygens (including phenoxy) is 2. The van der Waals surface area contributed by atoms with E-state index < -0.39 is 6.10 Å². The Morgan fingerprint density at radius 3 is 1.65 bits per heavy atom. The number of hydrogen-bond donors (Lipinski definition) is 0. The normalized spacial score (nSPS) is 12.2. The van der Waals surface area contributed by atoms with Gasteiger partial charge in [0.25, 0.3) is 0 Å². The van der Waals surface area contributed by atoms with Crippen molar-refractivity contribution in [3.05, 3.63) is 71.8 Å². The van der Waals surface area contributed by atoms with Crippen LogP contribution < -0.4 is 0 Å². The third-order valence-electron chi connectivity index (χ3n) is 3.31. The highest BCUT2D eigenvalue weighted by Crippen LogP contribution is 2.30. The molecule has 0 heterocycles. The van der Waals surface area contributed by atoms with Crippen molar-refractivity contribution in [2.24, 2.45) is 0 Å². The molecule has 3 heteroatoms. The van der Waals surface area contributed by atoms with Gasteiger partial charge in [-0.2, -0.15) is 0 Å². The van der Waals surface area contributed by atoms with Gasteiger partial charge in [-0.15, -0.1) is 0 Å². The molecule has 3 nitrogen and oxygen atoms in total. The molecule has 0 radical (unpaired) electrons. The summed E-state index contributed by atoms with van der Waals surface area (Å²) in [4.78, 5) is 12.0. The Kier molecular flexibility index (Phi) is 4.91. The van der Waals surface area contributed by atoms with Gasteiger partial charge in [0, 0.05) is 13.0 Å². The van der Waals surface area contributed by atoms with Crippen LogP contribution in [0.15, 0.2) is 60.7 Å². The van der Waals surface area contributed by atoms with E-state index in [0.717, 1.165) is 11.1 Å². The third kappa shape index (κ3) is 3.06. The molecular weight excluding hydrogens is 252 g/mol. The predicted octanol–water partition coefficient (Wildman–Crippen LogP) is 3.01. The van der Waals surface area contributed by atoms with E-state index in [-0.39, 0.29) is 11.9 Å². The lowest BCUT2D eigenvalue weighted by molar-refractivity contribution is -0.153. The topological polar surface area (TPSA) is 35.5 Å². The molecular formula is C17H18O3. The first-order valence-corrected chi connectivity index (χ1v) is 6.48. The van der Waals surface area contributed by atoms with Crippen molar-refractivity contribution in [3.63, 3.8) is 0 Å². The zero-order valence-corrected chi connectivity index (χ0v) is 11.7. The van der Waals surface area contributed by atoms with Crippen molar-refractivity contribution < 1.29 is 14.3 Å². The van der Waals surface area contributed by atoms with Crippen LogP contribution in [0, 0.1) is 0 Å². The van der Waals surface area contributed by atoms with Gasteiger partial charge < -0.3 is 9.47 Å². The Bertz CT molecular complexity index is 497. The predicted molar refractivity (Wildman–Crippen MR) is 77.5 cm³/mol. The monoisotopic (exact) mass is 270 g/mol. The van der Waals surface area contributed by atoms with Gasteiger partial charge in [0.2, 0.25) is 0 Å². The van der Waals surface area contributed by atoms with Crippen molar-refractivity contribution in [1.82, 2.24) is 0 Å². The molecule has 0 amide bonds. The molecule has 0 saturated heterocycles. The fourth-order valence-electron chi connectivity index (χ4n) is 2.35. The van der Waals surface area contributed by atoms with E-state index in [9.17, 15) is 4.79 Å². The zero-order valence-electron chi connectivity index (χ0n) is 11.7. The highest BCUT2D eigenvalue weighted by atomic mass is 16.6. The molecule has 104 valence electrons. The van der Waals surface area contributed by atoms with E-state index in [1.165, 1.54) is 14.2 Å². The Balaban J connectivity index is 2.47. The molecule has 20 heavy (non-hydrogen) atoms. The van der Waals surface area contributed by atoms with E-state index in [1.54, 1.807) is 0 Å². The molecule has 0 aliphatic carbocycles. The number of methoxy groups -OCH3 is 2. The molecule has 0 aliphatic heterocycles. The summed E-state index contributed by atoms with van der Waals surface area (Å²) in [6.07, 6.45) is -0.662. The first-order chi connectivity index (χ1) is 9.77. The molecule has 0 aliphatic rings. The van der Waals surface area contributed by atoms with Crippen LogP contribution in [0.4, 0.5) is 0 Å². The van der Waals surface area contributed by atoms with Crippen molar-refractivity contribution in [2.45, 2.75) is 12.0 Å². The van der Waals surface area contributed by atoms with Gasteiger partial charge in [-0.05, 0) is 11.1 Å². The highest BCUT2D eigenvalue weighted by Gasteiger charge is 2.31. The number of esters is 1. The molecule has 1 atom stereocenters. The Labute approximate surface area is 119 Å². The van der Waals surface area contributed by atoms with Crippen LogP contribution in [0.2, 0.25) is 0 Å². The quantitative estimate of drug-likeness (QED) is 0.783. The first kappa shape index (κ1) is 14.3. The minimum Gasteiger partial charge on any atom is -0.467 e. The van der Waals surface area contributed by atoms with Crippen molar-refractivity contribution in [1.29, 1.82) is 0 Å². The van der Waals surface area contributed by atoms with Gasteiger partial charge in [0.05, 0.1) is 7.11 Å². The molecule has 0 aromatic heterocycles. The summed E-state index contributed by atoms with van der Waals surface area (Å²) in [5.41, 5.74) is 2.05. The van der Waals surface area contributed by atoms with Crippen molar-refractivity contribution >= 4 is 5.97 Å². The lowest BCUT2D eigenvalue weighted by Gasteiger charge is -2.25. The molecule has 0 spiro atoms. The van der Waals surface area contributed by atoms with Gasteiger partial charge in [-0.3, -0.25) is 0 Å². The second kappa shape index (κ2) is 6.87. The minimum absolute atomic E-state index is 0.185. The summed E-state index contributed by atoms with van der Waals surface area (Å²) in [7, 11) is 2.90. The Hall–Kier alpha value is -2.13. The first-order valence-electron chi connectivity index (χ1n) is 6.48. The molecule has 2 aromatic rings. The Morgan fingerprint density at radius 2 is 1.30 bits per heavy atom. The van der Waals surface area contributed by atoms with E-state index in [4.69, 9.17) is 9.47 Å². The lowest BCUT2D eigenvalue weighted by atomic mass is 9.86. The van der Waals surface area contributed by atoms with Crippen molar-refractivity contribution in [3.8, 4) is 0 Å². The molecule has 2 aromatic carbocycles. The summed E-state index contributed by atoms with van der Waals surface area (Å²) in [5.74, 6) is -0.556. The van der Waals surface area contributed by atoms with E-state index in [1.807, 2.05) is 60.7 Å². The fourth-order valence-corrected chi connectivity index (χ4v) is 2.35. The molecule has 2 rings (SSSR count). The van der Waals surface area contributed by atoms with Gasteiger partial charge in [0.15, 0.2) is 6.10 Å². The van der Waals surface area contributed by atoms with E-state index in [0.29, 0.717) is 0 Å². The maximum atomic E-state index is 12.0. The van der Waals surface area contributed by atoms with Gasteiger partial charge in [-0.1, -0.05) is 60.7 Å². The number of hydrogen-bond acceptors (Lipinski definition) is 3. The number of benzene rings is 2. The van der Waals surface area contributed by atoms with E-state index in [2.05, 4.69) is 0 Å². The van der Waals surface area contributed by atoms with Crippen LogP contribution in [-0.2, 0) is 14.3 Å². The number of carbonyl (C=O) groups is 1. The summed E-state index contributed by atoms with van der Waals surface area (Å²) in [6, 6.07) is 19.7. The third-order valence-corrected chi connectivity index (χ3v) is 3.31. The second-order valence-corrected chi connectivity index (χ2v) is 4.48. The molecule has 0 bridgehead atoms. The SMILES string of the molecule is COC(=O)C(OC)C(c1ccccc1)c1ccccc1. The van der Waals surface area contributed by atoms with Crippen LogP contribution in [0.5, 0.6) is 0 Å². The van der Waals surface area contributed by atoms with Crippen LogP contribution >= 0.6 is 0 Å². The molecule has 0 N–H and O–H groups in total. The maximum absolute atomic E-state index is 12.0. The standard InChI is InChI=1S/C17H18O3/c1-19-16(17(18)20-2)15(13-9-5-3-6-10-13)14-11-7-4-8-12-14/h3-12,15-16H,1-2H3. The van der Waals surface area contributed by atoms with Crippen LogP contribution in [0.25, 0.3) is 0 Å². The van der Waals surface area contributed by atoms with Crippen LogP contribution in [-0.4, -0.2) is 26.3 Å². The minimum atomic E-state index is -0.662. The summed E-state index contributed by atoms with van der Waals surface area (Å²) < 4.78 is 10.3. The van der Waals surface area contributed by atoms with Crippen LogP contribution in [0.1, 0.15) is 17.0 Å². The molecule has 0 fully saturated rings. The van der Waals surface area contributed by atoms with Crippen molar-refractivity contribution in [2.75, 3.05) is 14.2 Å². The molecule has 1 unspecified atom stereocenters. The average molecular weight is 270 g/mol. The molecule has 0 saturated carbocycles. The lowest BCUT2D eigenvalue weighted by Crippen LogP contribution is -2.32. The Morgan fingerprint density at radius 1 is 0.850 bits per heavy atom. The van der Waals surface area contributed by atoms with E-state index >= 15 is 0 Å². The largest absolute Gasteiger partial charge is 0.467 e. The summed E-state index contributed by atoms with van der Waals surface area (Å²) in [6.45, 7) is 0. The average Bonchev–Trinajstić information content (AvgIpc) is 2.53. The van der Waals surface area contributed by atoms with Crippen LogP contribution in [0.3, 0.4) is 0 Å². The summed E-state index contributed by atoms with van der Waals surface area (Å²) in [5, 5.41) is 0. The summed E-state index contributed by atoms with van der Waals surface area (Å²) >= 11 is 0. The van der Waals surface area contributed by atoms with Gasteiger partial charge in [-0.25, -0.2) is 4.79 Å². The number of rotatable bonds is 5. The van der Waals surface area contributed by atoms with Gasteiger partial charge in [0.1, 0.15) is 0 Å².